The van der Waals surface area contributed by atoms with Crippen LogP contribution in [-0.2, 0) is 6.54 Å². The molecule has 0 saturated carbocycles. The van der Waals surface area contributed by atoms with E-state index in [1.165, 1.54) is 12.1 Å². The first-order valence-corrected chi connectivity index (χ1v) is 5.98. The van der Waals surface area contributed by atoms with Gasteiger partial charge >= 0.3 is 0 Å². The van der Waals surface area contributed by atoms with E-state index in [4.69, 9.17) is 23.2 Å². The molecule has 94 valence electrons. The third-order valence-electron chi connectivity index (χ3n) is 2.44. The van der Waals surface area contributed by atoms with Crippen LogP contribution in [0.1, 0.15) is 5.56 Å². The van der Waals surface area contributed by atoms with Crippen LogP contribution in [-0.4, -0.2) is 5.11 Å². The van der Waals surface area contributed by atoms with E-state index in [1.54, 1.807) is 24.3 Å². The molecule has 0 aliphatic rings. The lowest BCUT2D eigenvalue weighted by atomic mass is 10.2. The summed E-state index contributed by atoms with van der Waals surface area (Å²) in [4.78, 5) is 0. The molecule has 2 N–H and O–H groups in total. The van der Waals surface area contributed by atoms with Crippen LogP contribution in [0.2, 0.25) is 10.0 Å². The number of phenolic OH excluding ortho intramolecular Hbond substituents is 1. The molecule has 0 radical (unpaired) electrons. The second-order valence-electron chi connectivity index (χ2n) is 3.75. The number of hydrogen-bond donors (Lipinski definition) is 2. The van der Waals surface area contributed by atoms with Crippen molar-refractivity contribution in [3.8, 4) is 5.75 Å². The Labute approximate surface area is 114 Å². The van der Waals surface area contributed by atoms with Crippen LogP contribution >= 0.6 is 23.2 Å². The van der Waals surface area contributed by atoms with Crippen molar-refractivity contribution in [3.63, 3.8) is 0 Å². The van der Waals surface area contributed by atoms with Crippen molar-refractivity contribution in [2.45, 2.75) is 6.54 Å². The summed E-state index contributed by atoms with van der Waals surface area (Å²) in [7, 11) is 0. The van der Waals surface area contributed by atoms with Gasteiger partial charge in [-0.3, -0.25) is 0 Å². The molecule has 0 fully saturated rings. The zero-order valence-corrected chi connectivity index (χ0v) is 10.8. The lowest BCUT2D eigenvalue weighted by Crippen LogP contribution is -2.01. The molecule has 5 heteroatoms. The lowest BCUT2D eigenvalue weighted by molar-refractivity contribution is 0.469. The van der Waals surface area contributed by atoms with Gasteiger partial charge < -0.3 is 10.4 Å². The monoisotopic (exact) mass is 285 g/mol. The zero-order valence-electron chi connectivity index (χ0n) is 9.25. The molecule has 0 heterocycles. The number of phenols is 1. The molecule has 18 heavy (non-hydrogen) atoms. The number of aromatic hydroxyl groups is 1. The number of benzene rings is 2. The smallest absolute Gasteiger partial charge is 0.147 e. The third kappa shape index (κ3) is 3.06. The summed E-state index contributed by atoms with van der Waals surface area (Å²) in [6, 6.07) is 9.06. The summed E-state index contributed by atoms with van der Waals surface area (Å²) in [5.74, 6) is -0.328. The maximum absolute atomic E-state index is 13.5. The van der Waals surface area contributed by atoms with E-state index in [0.29, 0.717) is 21.3 Å². The molecule has 0 aliphatic carbocycles. The Kier molecular flexibility index (Phi) is 3.94. The molecule has 0 aliphatic heterocycles. The Bertz CT molecular complexity index is 575. The summed E-state index contributed by atoms with van der Waals surface area (Å²) < 4.78 is 13.5. The maximum atomic E-state index is 13.5. The van der Waals surface area contributed by atoms with Crippen molar-refractivity contribution < 1.29 is 9.50 Å². The minimum absolute atomic E-state index is 0.112. The van der Waals surface area contributed by atoms with E-state index in [1.807, 2.05) is 0 Å². The van der Waals surface area contributed by atoms with Crippen molar-refractivity contribution in [2.75, 3.05) is 5.32 Å². The molecule has 2 rings (SSSR count). The van der Waals surface area contributed by atoms with E-state index in [0.717, 1.165) is 0 Å². The summed E-state index contributed by atoms with van der Waals surface area (Å²) in [6.07, 6.45) is 0. The molecule has 0 aromatic heterocycles. The Morgan fingerprint density at radius 2 is 1.72 bits per heavy atom. The molecule has 0 saturated heterocycles. The zero-order chi connectivity index (χ0) is 13.1. The second-order valence-corrected chi connectivity index (χ2v) is 4.62. The van der Waals surface area contributed by atoms with E-state index in [9.17, 15) is 9.50 Å². The molecule has 0 spiro atoms. The Balaban J connectivity index is 2.13. The van der Waals surface area contributed by atoms with Gasteiger partial charge in [0.2, 0.25) is 0 Å². The quantitative estimate of drug-likeness (QED) is 0.873. The van der Waals surface area contributed by atoms with E-state index in [2.05, 4.69) is 5.32 Å². The second kappa shape index (κ2) is 5.46. The fourth-order valence-electron chi connectivity index (χ4n) is 1.52. The number of anilines is 1. The van der Waals surface area contributed by atoms with Crippen molar-refractivity contribution in [2.24, 2.45) is 0 Å². The van der Waals surface area contributed by atoms with Gasteiger partial charge in [0.15, 0.2) is 0 Å². The standard InChI is InChI=1S/C13H10Cl2FNO/c14-9-2-4-13(18)8(5-9)7-17-12-3-1-10(15)6-11(12)16/h1-6,17-18H,7H2. The minimum Gasteiger partial charge on any atom is -0.508 e. The van der Waals surface area contributed by atoms with Gasteiger partial charge in [-0.05, 0) is 36.4 Å². The van der Waals surface area contributed by atoms with Crippen molar-refractivity contribution in [1.82, 2.24) is 0 Å². The van der Waals surface area contributed by atoms with Crippen molar-refractivity contribution >= 4 is 28.9 Å². The molecule has 0 unspecified atom stereocenters. The minimum atomic E-state index is -0.441. The van der Waals surface area contributed by atoms with Gasteiger partial charge in [0.05, 0.1) is 5.69 Å². The normalized spacial score (nSPS) is 10.4. The fourth-order valence-corrected chi connectivity index (χ4v) is 1.87. The van der Waals surface area contributed by atoms with Gasteiger partial charge in [0.25, 0.3) is 0 Å². The highest BCUT2D eigenvalue weighted by Gasteiger charge is 2.05. The van der Waals surface area contributed by atoms with Crippen molar-refractivity contribution in [3.05, 3.63) is 57.8 Å². The van der Waals surface area contributed by atoms with Crippen LogP contribution in [0.15, 0.2) is 36.4 Å². The topological polar surface area (TPSA) is 32.3 Å². The van der Waals surface area contributed by atoms with Gasteiger partial charge in [0, 0.05) is 22.2 Å². The first-order valence-electron chi connectivity index (χ1n) is 5.22. The highest BCUT2D eigenvalue weighted by molar-refractivity contribution is 6.31. The summed E-state index contributed by atoms with van der Waals surface area (Å²) in [6.45, 7) is 0.269. The molecular weight excluding hydrogens is 276 g/mol. The van der Waals surface area contributed by atoms with Crippen LogP contribution in [0.3, 0.4) is 0 Å². The molecular formula is C13H10Cl2FNO. The van der Waals surface area contributed by atoms with E-state index >= 15 is 0 Å². The van der Waals surface area contributed by atoms with Gasteiger partial charge in [0.1, 0.15) is 11.6 Å². The molecule has 2 aromatic rings. The first-order chi connectivity index (χ1) is 8.56. The summed E-state index contributed by atoms with van der Waals surface area (Å²) in [5.41, 5.74) is 0.913. The highest BCUT2D eigenvalue weighted by Crippen LogP contribution is 2.24. The Morgan fingerprint density at radius 1 is 1.06 bits per heavy atom. The SMILES string of the molecule is Oc1ccc(Cl)cc1CNc1ccc(Cl)cc1F. The highest BCUT2D eigenvalue weighted by atomic mass is 35.5. The Morgan fingerprint density at radius 3 is 2.44 bits per heavy atom. The van der Waals surface area contributed by atoms with Crippen LogP contribution in [0.25, 0.3) is 0 Å². The van der Waals surface area contributed by atoms with Gasteiger partial charge in [-0.25, -0.2) is 4.39 Å². The maximum Gasteiger partial charge on any atom is 0.147 e. The molecule has 0 amide bonds. The largest absolute Gasteiger partial charge is 0.508 e. The fraction of sp³-hybridized carbons (Fsp3) is 0.0769. The first kappa shape index (κ1) is 13.0. The third-order valence-corrected chi connectivity index (χ3v) is 2.91. The van der Waals surface area contributed by atoms with Crippen molar-refractivity contribution in [1.29, 1.82) is 0 Å². The van der Waals surface area contributed by atoms with Crippen LogP contribution in [0.5, 0.6) is 5.75 Å². The van der Waals surface area contributed by atoms with E-state index < -0.39 is 5.82 Å². The average Bonchev–Trinajstić information content (AvgIpc) is 2.32. The van der Waals surface area contributed by atoms with Crippen LogP contribution in [0.4, 0.5) is 10.1 Å². The predicted octanol–water partition coefficient (Wildman–Crippen LogP) is 4.45. The average molecular weight is 286 g/mol. The molecule has 0 atom stereocenters. The van der Waals surface area contributed by atoms with E-state index in [-0.39, 0.29) is 12.3 Å². The van der Waals surface area contributed by atoms with Gasteiger partial charge in [-0.1, -0.05) is 23.2 Å². The van der Waals surface area contributed by atoms with Gasteiger partial charge in [-0.15, -0.1) is 0 Å². The number of hydrogen-bond acceptors (Lipinski definition) is 2. The number of rotatable bonds is 3. The summed E-state index contributed by atoms with van der Waals surface area (Å²) >= 11 is 11.5. The van der Waals surface area contributed by atoms with Gasteiger partial charge in [-0.2, -0.15) is 0 Å². The number of halogens is 3. The predicted molar refractivity (Wildman–Crippen MR) is 71.9 cm³/mol. The number of nitrogens with one attached hydrogen (secondary N) is 1. The van der Waals surface area contributed by atoms with Crippen LogP contribution < -0.4 is 5.32 Å². The molecule has 2 aromatic carbocycles. The molecule has 2 nitrogen and oxygen atoms in total. The molecule has 0 bridgehead atoms. The lowest BCUT2D eigenvalue weighted by Gasteiger charge is -2.09. The van der Waals surface area contributed by atoms with Crippen LogP contribution in [0, 0.1) is 5.82 Å². The summed E-state index contributed by atoms with van der Waals surface area (Å²) in [5, 5.41) is 13.3. The Hall–Kier alpha value is -1.45.